The van der Waals surface area contributed by atoms with Crippen molar-refractivity contribution in [1.29, 1.82) is 0 Å². The van der Waals surface area contributed by atoms with Gasteiger partial charge in [0.1, 0.15) is 5.82 Å². The zero-order valence-corrected chi connectivity index (χ0v) is 19.3. The van der Waals surface area contributed by atoms with E-state index in [9.17, 15) is 17.6 Å². The largest absolute Gasteiger partial charge is 0.490 e. The van der Waals surface area contributed by atoms with E-state index < -0.39 is 21.7 Å². The molecule has 0 fully saturated rings. The maximum atomic E-state index is 13.9. The van der Waals surface area contributed by atoms with Crippen LogP contribution in [-0.4, -0.2) is 27.5 Å². The van der Waals surface area contributed by atoms with Crippen molar-refractivity contribution >= 4 is 27.3 Å². The minimum atomic E-state index is -4.09. The molecular weight excluding hydrogens is 447 g/mol. The lowest BCUT2D eigenvalue weighted by atomic mass is 10.1. The van der Waals surface area contributed by atoms with E-state index in [0.717, 1.165) is 6.07 Å². The molecule has 7 nitrogen and oxygen atoms in total. The number of ether oxygens (including phenoxy) is 2. The summed E-state index contributed by atoms with van der Waals surface area (Å²) in [5, 5.41) is 2.69. The summed E-state index contributed by atoms with van der Waals surface area (Å²) in [5.41, 5.74) is 0.864. The maximum Gasteiger partial charge on any atom is 0.262 e. The predicted octanol–water partition coefficient (Wildman–Crippen LogP) is 4.98. The second-order valence-electron chi connectivity index (χ2n) is 7.05. The third-order valence-corrected chi connectivity index (χ3v) is 6.17. The molecule has 0 aromatic heterocycles. The topological polar surface area (TPSA) is 93.7 Å². The minimum Gasteiger partial charge on any atom is -0.490 e. The second-order valence-corrected chi connectivity index (χ2v) is 8.70. The van der Waals surface area contributed by atoms with Crippen molar-refractivity contribution in [1.82, 2.24) is 0 Å². The van der Waals surface area contributed by atoms with Gasteiger partial charge in [0.25, 0.3) is 15.9 Å². The van der Waals surface area contributed by atoms with Crippen LogP contribution in [0.5, 0.6) is 11.5 Å². The van der Waals surface area contributed by atoms with Crippen LogP contribution in [0.2, 0.25) is 0 Å². The summed E-state index contributed by atoms with van der Waals surface area (Å²) in [6.07, 6.45) is 0. The Morgan fingerprint density at radius 1 is 0.939 bits per heavy atom. The highest BCUT2D eigenvalue weighted by molar-refractivity contribution is 7.92. The number of hydrogen-bond acceptors (Lipinski definition) is 5. The van der Waals surface area contributed by atoms with Crippen LogP contribution >= 0.6 is 0 Å². The van der Waals surface area contributed by atoms with Gasteiger partial charge in [-0.2, -0.15) is 0 Å². The third kappa shape index (κ3) is 5.81. The van der Waals surface area contributed by atoms with Gasteiger partial charge >= 0.3 is 0 Å². The number of nitrogens with one attached hydrogen (secondary N) is 2. The van der Waals surface area contributed by atoms with Crippen molar-refractivity contribution in [2.45, 2.75) is 25.7 Å². The zero-order chi connectivity index (χ0) is 24.0. The Bertz CT molecular complexity index is 1260. The number of para-hydroxylation sites is 1. The molecule has 9 heteroatoms. The Morgan fingerprint density at radius 3 is 2.33 bits per heavy atom. The number of sulfonamides is 1. The highest BCUT2D eigenvalue weighted by Crippen LogP contribution is 2.29. The minimum absolute atomic E-state index is 0.0785. The molecule has 3 rings (SSSR count). The standard InChI is InChI=1S/C24H25FN2O5S/c1-4-31-21-13-11-17(14-22(21)32-5-2)24(28)26-18-12-10-16(3)23(15-18)33(29,30)27-20-9-7-6-8-19(20)25/h6-15,27H,4-5H2,1-3H3,(H,26,28). The van der Waals surface area contributed by atoms with Gasteiger partial charge in [0.2, 0.25) is 0 Å². The summed E-state index contributed by atoms with van der Waals surface area (Å²) in [6.45, 7) is 6.14. The van der Waals surface area contributed by atoms with Gasteiger partial charge in [-0.3, -0.25) is 9.52 Å². The molecule has 0 saturated heterocycles. The summed E-state index contributed by atoms with van der Waals surface area (Å²) in [6, 6.07) is 14.8. The molecule has 0 bridgehead atoms. The van der Waals surface area contributed by atoms with Crippen LogP contribution in [0.25, 0.3) is 0 Å². The van der Waals surface area contributed by atoms with Crippen LogP contribution in [0.1, 0.15) is 29.8 Å². The van der Waals surface area contributed by atoms with Crippen LogP contribution in [-0.2, 0) is 10.0 Å². The fraction of sp³-hybridized carbons (Fsp3) is 0.208. The number of carbonyl (C=O) groups is 1. The van der Waals surface area contributed by atoms with Crippen LogP contribution in [0.3, 0.4) is 0 Å². The number of anilines is 2. The predicted molar refractivity (Wildman–Crippen MR) is 125 cm³/mol. The molecule has 0 spiro atoms. The molecule has 0 radical (unpaired) electrons. The van der Waals surface area contributed by atoms with Gasteiger partial charge in [0.05, 0.1) is 23.8 Å². The van der Waals surface area contributed by atoms with E-state index in [0.29, 0.717) is 35.8 Å². The molecular formula is C24H25FN2O5S. The lowest BCUT2D eigenvalue weighted by Gasteiger charge is -2.14. The van der Waals surface area contributed by atoms with Crippen molar-refractivity contribution in [3.63, 3.8) is 0 Å². The van der Waals surface area contributed by atoms with Gasteiger partial charge in [-0.1, -0.05) is 18.2 Å². The van der Waals surface area contributed by atoms with E-state index >= 15 is 0 Å². The molecule has 0 aliphatic carbocycles. The second kappa shape index (κ2) is 10.4. The average Bonchev–Trinajstić information content (AvgIpc) is 2.78. The van der Waals surface area contributed by atoms with Crippen LogP contribution in [0.4, 0.5) is 15.8 Å². The molecule has 0 unspecified atom stereocenters. The lowest BCUT2D eigenvalue weighted by Crippen LogP contribution is -2.17. The van der Waals surface area contributed by atoms with Gasteiger partial charge in [-0.15, -0.1) is 0 Å². The molecule has 33 heavy (non-hydrogen) atoms. The first kappa shape index (κ1) is 24.1. The van der Waals surface area contributed by atoms with Gasteiger partial charge in [0.15, 0.2) is 11.5 Å². The molecule has 0 atom stereocenters. The fourth-order valence-corrected chi connectivity index (χ4v) is 4.45. The number of carbonyl (C=O) groups excluding carboxylic acids is 1. The highest BCUT2D eigenvalue weighted by Gasteiger charge is 2.20. The van der Waals surface area contributed by atoms with E-state index in [1.165, 1.54) is 24.3 Å². The van der Waals surface area contributed by atoms with Gasteiger partial charge in [-0.05, 0) is 68.8 Å². The summed E-state index contributed by atoms with van der Waals surface area (Å²) in [7, 11) is -4.09. The summed E-state index contributed by atoms with van der Waals surface area (Å²) in [4.78, 5) is 12.7. The van der Waals surface area contributed by atoms with E-state index in [2.05, 4.69) is 10.0 Å². The molecule has 1 amide bonds. The van der Waals surface area contributed by atoms with E-state index in [4.69, 9.17) is 9.47 Å². The van der Waals surface area contributed by atoms with Crippen molar-refractivity contribution in [2.75, 3.05) is 23.3 Å². The molecule has 0 aliphatic rings. The smallest absolute Gasteiger partial charge is 0.262 e. The van der Waals surface area contributed by atoms with E-state index in [-0.39, 0.29) is 16.3 Å². The summed E-state index contributed by atoms with van der Waals surface area (Å²) in [5.74, 6) is -0.177. The Morgan fingerprint density at radius 2 is 1.64 bits per heavy atom. The number of aryl methyl sites for hydroxylation is 1. The Kier molecular flexibility index (Phi) is 7.55. The first-order valence-electron chi connectivity index (χ1n) is 10.3. The SMILES string of the molecule is CCOc1ccc(C(=O)Nc2ccc(C)c(S(=O)(=O)Nc3ccccc3F)c2)cc1OCC. The third-order valence-electron chi connectivity index (χ3n) is 4.66. The van der Waals surface area contributed by atoms with Crippen LogP contribution in [0, 0.1) is 12.7 Å². The molecule has 2 N–H and O–H groups in total. The monoisotopic (exact) mass is 472 g/mol. The molecule has 0 aliphatic heterocycles. The Balaban J connectivity index is 1.86. The van der Waals surface area contributed by atoms with E-state index in [1.54, 1.807) is 37.3 Å². The summed E-state index contributed by atoms with van der Waals surface area (Å²) >= 11 is 0. The van der Waals surface area contributed by atoms with Crippen molar-refractivity contribution in [3.8, 4) is 11.5 Å². The average molecular weight is 473 g/mol. The quantitative estimate of drug-likeness (QED) is 0.458. The maximum absolute atomic E-state index is 13.9. The number of rotatable bonds is 9. The highest BCUT2D eigenvalue weighted by atomic mass is 32.2. The molecule has 3 aromatic rings. The molecule has 0 saturated carbocycles. The Labute approximate surface area is 192 Å². The first-order valence-corrected chi connectivity index (χ1v) is 11.8. The number of amides is 1. The van der Waals surface area contributed by atoms with Crippen LogP contribution < -0.4 is 19.5 Å². The van der Waals surface area contributed by atoms with Crippen LogP contribution in [0.15, 0.2) is 65.6 Å². The number of halogens is 1. The zero-order valence-electron chi connectivity index (χ0n) is 18.5. The van der Waals surface area contributed by atoms with Crippen molar-refractivity contribution in [3.05, 3.63) is 77.6 Å². The normalized spacial score (nSPS) is 11.0. The molecule has 174 valence electrons. The summed E-state index contributed by atoms with van der Waals surface area (Å²) < 4.78 is 53.0. The van der Waals surface area contributed by atoms with Gasteiger partial charge < -0.3 is 14.8 Å². The lowest BCUT2D eigenvalue weighted by molar-refractivity contribution is 0.102. The van der Waals surface area contributed by atoms with E-state index in [1.807, 2.05) is 13.8 Å². The van der Waals surface area contributed by atoms with Gasteiger partial charge in [0, 0.05) is 11.3 Å². The fourth-order valence-electron chi connectivity index (χ4n) is 3.11. The van der Waals surface area contributed by atoms with Crippen molar-refractivity contribution < 1.29 is 27.1 Å². The molecule has 3 aromatic carbocycles. The van der Waals surface area contributed by atoms with Crippen molar-refractivity contribution in [2.24, 2.45) is 0 Å². The number of benzene rings is 3. The first-order chi connectivity index (χ1) is 15.7. The molecule has 0 heterocycles. The number of hydrogen-bond donors (Lipinski definition) is 2. The Hall–Kier alpha value is -3.59. The van der Waals surface area contributed by atoms with Gasteiger partial charge in [-0.25, -0.2) is 12.8 Å².